The Hall–Kier alpha value is -1.08. The van der Waals surface area contributed by atoms with Gasteiger partial charge in [0.1, 0.15) is 5.54 Å². The third-order valence-corrected chi connectivity index (χ3v) is 4.71. The molecule has 1 aromatic rings. The van der Waals surface area contributed by atoms with Crippen molar-refractivity contribution in [2.24, 2.45) is 0 Å². The molecule has 0 saturated heterocycles. The molecule has 2 unspecified atom stereocenters. The van der Waals surface area contributed by atoms with Crippen molar-refractivity contribution in [1.82, 2.24) is 15.5 Å². The zero-order valence-electron chi connectivity index (χ0n) is 11.9. The number of aryl methyl sites for hydroxylation is 1. The number of hydrogen-bond donors (Lipinski definition) is 2. The maximum atomic E-state index is 11.7. The molecule has 112 valence electrons. The number of carbonyl (C=O) groups is 1. The molecule has 1 aliphatic carbocycles. The summed E-state index contributed by atoms with van der Waals surface area (Å²) in [5, 5.41) is 21.3. The number of aromatic nitrogens is 2. The lowest BCUT2D eigenvalue weighted by Gasteiger charge is -2.37. The Morgan fingerprint density at radius 2 is 2.40 bits per heavy atom. The predicted molar refractivity (Wildman–Crippen MR) is 75.8 cm³/mol. The van der Waals surface area contributed by atoms with E-state index in [-0.39, 0.29) is 5.25 Å². The van der Waals surface area contributed by atoms with Gasteiger partial charge in [-0.1, -0.05) is 18.7 Å². The number of aliphatic carboxylic acids is 1. The van der Waals surface area contributed by atoms with Crippen LogP contribution in [0, 0.1) is 6.92 Å². The van der Waals surface area contributed by atoms with Crippen LogP contribution in [-0.4, -0.2) is 38.6 Å². The third kappa shape index (κ3) is 3.52. The SMILES string of the molecule is CCCNC1(C(=O)O)CCCC(Sc2nnc(C)o2)C1. The standard InChI is InChI=1S/C13H21N3O3S/c1-3-7-14-13(11(17)18)6-4-5-10(8-13)20-12-16-15-9(2)19-12/h10,14H,3-8H2,1-2H3,(H,17,18). The van der Waals surface area contributed by atoms with E-state index in [0.717, 1.165) is 25.8 Å². The van der Waals surface area contributed by atoms with Crippen molar-refractivity contribution in [3.63, 3.8) is 0 Å². The Balaban J connectivity index is 2.03. The maximum absolute atomic E-state index is 11.7. The molecule has 1 heterocycles. The summed E-state index contributed by atoms with van der Waals surface area (Å²) in [6.07, 6.45) is 4.08. The van der Waals surface area contributed by atoms with Crippen LogP contribution in [0.25, 0.3) is 0 Å². The van der Waals surface area contributed by atoms with E-state index in [4.69, 9.17) is 4.42 Å². The van der Waals surface area contributed by atoms with Crippen molar-refractivity contribution in [3.05, 3.63) is 5.89 Å². The largest absolute Gasteiger partial charge is 0.480 e. The van der Waals surface area contributed by atoms with E-state index in [0.29, 0.717) is 24.0 Å². The Morgan fingerprint density at radius 1 is 1.60 bits per heavy atom. The molecule has 0 radical (unpaired) electrons. The number of carboxylic acid groups (broad SMARTS) is 1. The predicted octanol–water partition coefficient (Wildman–Crippen LogP) is 2.24. The summed E-state index contributed by atoms with van der Waals surface area (Å²) < 4.78 is 5.37. The molecular formula is C13H21N3O3S. The number of nitrogens with zero attached hydrogens (tertiary/aromatic N) is 2. The highest BCUT2D eigenvalue weighted by atomic mass is 32.2. The molecule has 2 N–H and O–H groups in total. The molecule has 6 nitrogen and oxygen atoms in total. The first-order chi connectivity index (χ1) is 9.55. The Kier molecular flexibility index (Phi) is 5.04. The smallest absolute Gasteiger partial charge is 0.323 e. The lowest BCUT2D eigenvalue weighted by atomic mass is 9.81. The van der Waals surface area contributed by atoms with Gasteiger partial charge >= 0.3 is 5.97 Å². The van der Waals surface area contributed by atoms with Gasteiger partial charge in [0, 0.05) is 12.2 Å². The third-order valence-electron chi connectivity index (χ3n) is 3.60. The van der Waals surface area contributed by atoms with Gasteiger partial charge < -0.3 is 14.8 Å². The van der Waals surface area contributed by atoms with Gasteiger partial charge in [-0.3, -0.25) is 4.79 Å². The van der Waals surface area contributed by atoms with Crippen LogP contribution in [0.15, 0.2) is 9.64 Å². The van der Waals surface area contributed by atoms with Crippen molar-refractivity contribution in [1.29, 1.82) is 0 Å². The summed E-state index contributed by atoms with van der Waals surface area (Å²) in [7, 11) is 0. The molecule has 7 heteroatoms. The molecule has 1 fully saturated rings. The first-order valence-corrected chi connectivity index (χ1v) is 7.89. The minimum Gasteiger partial charge on any atom is -0.480 e. The van der Waals surface area contributed by atoms with Gasteiger partial charge in [0.15, 0.2) is 0 Å². The molecule has 1 aliphatic rings. The topological polar surface area (TPSA) is 88.2 Å². The summed E-state index contributed by atoms with van der Waals surface area (Å²) in [5.41, 5.74) is -0.805. The number of nitrogens with one attached hydrogen (secondary N) is 1. The van der Waals surface area contributed by atoms with Crippen LogP contribution in [0.1, 0.15) is 44.9 Å². The highest BCUT2D eigenvalue weighted by Gasteiger charge is 2.43. The molecule has 0 amide bonds. The minimum absolute atomic E-state index is 0.198. The first kappa shape index (κ1) is 15.3. The fraction of sp³-hybridized carbons (Fsp3) is 0.769. The zero-order chi connectivity index (χ0) is 14.6. The van der Waals surface area contributed by atoms with Crippen LogP contribution in [-0.2, 0) is 4.79 Å². The van der Waals surface area contributed by atoms with E-state index in [1.165, 1.54) is 11.8 Å². The number of rotatable bonds is 6. The van der Waals surface area contributed by atoms with Crippen LogP contribution in [0.5, 0.6) is 0 Å². The minimum atomic E-state index is -0.805. The van der Waals surface area contributed by atoms with E-state index in [9.17, 15) is 9.90 Å². The van der Waals surface area contributed by atoms with Gasteiger partial charge in [-0.2, -0.15) is 0 Å². The molecule has 0 aromatic carbocycles. The lowest BCUT2D eigenvalue weighted by molar-refractivity contribution is -0.146. The number of hydrogen-bond acceptors (Lipinski definition) is 6. The highest BCUT2D eigenvalue weighted by molar-refractivity contribution is 7.99. The van der Waals surface area contributed by atoms with Gasteiger partial charge in [-0.25, -0.2) is 0 Å². The van der Waals surface area contributed by atoms with Crippen LogP contribution in [0.2, 0.25) is 0 Å². The first-order valence-electron chi connectivity index (χ1n) is 7.01. The Labute approximate surface area is 122 Å². The van der Waals surface area contributed by atoms with Crippen LogP contribution < -0.4 is 5.32 Å². The molecular weight excluding hydrogens is 278 g/mol. The normalized spacial score (nSPS) is 26.6. The second-order valence-electron chi connectivity index (χ2n) is 5.24. The van der Waals surface area contributed by atoms with E-state index in [1.807, 2.05) is 6.92 Å². The van der Waals surface area contributed by atoms with Crippen molar-refractivity contribution in [2.75, 3.05) is 6.54 Å². The van der Waals surface area contributed by atoms with E-state index < -0.39 is 11.5 Å². The molecule has 0 bridgehead atoms. The molecule has 2 rings (SSSR count). The fourth-order valence-corrected chi connectivity index (χ4v) is 3.78. The van der Waals surface area contributed by atoms with E-state index >= 15 is 0 Å². The van der Waals surface area contributed by atoms with Crippen LogP contribution in [0.3, 0.4) is 0 Å². The fourth-order valence-electron chi connectivity index (χ4n) is 2.59. The van der Waals surface area contributed by atoms with Crippen molar-refractivity contribution in [3.8, 4) is 0 Å². The Morgan fingerprint density at radius 3 is 3.00 bits per heavy atom. The monoisotopic (exact) mass is 299 g/mol. The summed E-state index contributed by atoms with van der Waals surface area (Å²) >= 11 is 1.49. The maximum Gasteiger partial charge on any atom is 0.323 e. The second-order valence-corrected chi connectivity index (χ2v) is 6.49. The average molecular weight is 299 g/mol. The molecule has 2 atom stereocenters. The summed E-state index contributed by atoms with van der Waals surface area (Å²) in [6.45, 7) is 4.52. The number of thioether (sulfide) groups is 1. The summed E-state index contributed by atoms with van der Waals surface area (Å²) in [4.78, 5) is 11.7. The van der Waals surface area contributed by atoms with E-state index in [1.54, 1.807) is 6.92 Å². The van der Waals surface area contributed by atoms with Crippen molar-refractivity contribution >= 4 is 17.7 Å². The Bertz CT molecular complexity index is 465. The zero-order valence-corrected chi connectivity index (χ0v) is 12.7. The lowest BCUT2D eigenvalue weighted by Crippen LogP contribution is -2.55. The second kappa shape index (κ2) is 6.58. The van der Waals surface area contributed by atoms with Crippen LogP contribution in [0.4, 0.5) is 0 Å². The molecule has 20 heavy (non-hydrogen) atoms. The van der Waals surface area contributed by atoms with E-state index in [2.05, 4.69) is 15.5 Å². The quantitative estimate of drug-likeness (QED) is 0.832. The van der Waals surface area contributed by atoms with Gasteiger partial charge in [-0.15, -0.1) is 10.2 Å². The van der Waals surface area contributed by atoms with Gasteiger partial charge in [0.2, 0.25) is 5.89 Å². The van der Waals surface area contributed by atoms with Gasteiger partial charge in [-0.05, 0) is 38.6 Å². The molecule has 0 spiro atoms. The van der Waals surface area contributed by atoms with Crippen molar-refractivity contribution < 1.29 is 14.3 Å². The average Bonchev–Trinajstić information content (AvgIpc) is 2.82. The van der Waals surface area contributed by atoms with Gasteiger partial charge in [0.25, 0.3) is 5.22 Å². The molecule has 1 saturated carbocycles. The van der Waals surface area contributed by atoms with Gasteiger partial charge in [0.05, 0.1) is 0 Å². The molecule has 1 aromatic heterocycles. The summed E-state index contributed by atoms with van der Waals surface area (Å²) in [5.74, 6) is -0.213. The van der Waals surface area contributed by atoms with Crippen molar-refractivity contribution in [2.45, 2.75) is 62.0 Å². The number of carboxylic acids is 1. The summed E-state index contributed by atoms with van der Waals surface area (Å²) in [6, 6.07) is 0. The van der Waals surface area contributed by atoms with Crippen LogP contribution >= 0.6 is 11.8 Å². The highest BCUT2D eigenvalue weighted by Crippen LogP contribution is 2.38. The molecule has 0 aliphatic heterocycles.